The number of likely N-dealkylation sites (tertiary alicyclic amines) is 1. The Balaban J connectivity index is 1.43. The van der Waals surface area contributed by atoms with Crippen molar-refractivity contribution >= 4 is 38.2 Å². The van der Waals surface area contributed by atoms with Crippen LogP contribution in [0.2, 0.25) is 0 Å². The number of carbonyl (C=O) groups excluding carboxylic acids is 2. The van der Waals surface area contributed by atoms with Crippen LogP contribution in [-0.4, -0.2) is 61.2 Å². The maximum atomic E-state index is 13.9. The van der Waals surface area contributed by atoms with Gasteiger partial charge in [0.2, 0.25) is 10.0 Å². The molecule has 4 heterocycles. The Morgan fingerprint density at radius 2 is 1.59 bits per heavy atom. The number of hydrogen-bond donors (Lipinski definition) is 2. The second-order valence-electron chi connectivity index (χ2n) is 13.5. The second kappa shape index (κ2) is 11.1. The second-order valence-corrected chi connectivity index (χ2v) is 16.5. The fourth-order valence-corrected chi connectivity index (χ4v) is 9.95. The molecule has 2 N–H and O–H groups in total. The first-order valence-electron chi connectivity index (χ1n) is 14.8. The lowest BCUT2D eigenvalue weighted by atomic mass is 9.81. The summed E-state index contributed by atoms with van der Waals surface area (Å²) in [5.74, 6) is 0.244. The Kier molecular flexibility index (Phi) is 8.17. The lowest BCUT2D eigenvalue weighted by Gasteiger charge is -2.42. The summed E-state index contributed by atoms with van der Waals surface area (Å²) in [7, 11) is -3.64. The Morgan fingerprint density at radius 3 is 2.20 bits per heavy atom. The summed E-state index contributed by atoms with van der Waals surface area (Å²) in [6.45, 7) is 15.2. The number of amides is 2. The number of benzene rings is 1. The molecule has 1 aromatic carbocycles. The molecule has 0 saturated carbocycles. The van der Waals surface area contributed by atoms with Crippen LogP contribution in [0.4, 0.5) is 5.00 Å². The third kappa shape index (κ3) is 6.12. The van der Waals surface area contributed by atoms with Gasteiger partial charge in [-0.25, -0.2) is 8.42 Å². The number of rotatable bonds is 5. The smallest absolute Gasteiger partial charge is 0.257 e. The Hall–Kier alpha value is -2.27. The molecule has 2 aromatic rings. The van der Waals surface area contributed by atoms with E-state index < -0.39 is 10.0 Å². The van der Waals surface area contributed by atoms with E-state index in [-0.39, 0.29) is 27.8 Å². The molecular formula is C31H44N4O4S2. The molecule has 3 aliphatic rings. The van der Waals surface area contributed by atoms with Crippen molar-refractivity contribution < 1.29 is 18.0 Å². The number of nitrogens with one attached hydrogen (secondary N) is 2. The molecule has 10 heteroatoms. The fraction of sp³-hybridized carbons (Fsp3) is 0.613. The van der Waals surface area contributed by atoms with Gasteiger partial charge >= 0.3 is 0 Å². The van der Waals surface area contributed by atoms with E-state index in [0.717, 1.165) is 49.2 Å². The molecule has 2 fully saturated rings. The maximum absolute atomic E-state index is 13.9. The summed E-state index contributed by atoms with van der Waals surface area (Å²) in [6, 6.07) is 6.16. The Labute approximate surface area is 248 Å². The van der Waals surface area contributed by atoms with E-state index in [4.69, 9.17) is 0 Å². The summed E-state index contributed by atoms with van der Waals surface area (Å²) < 4.78 is 28.2. The van der Waals surface area contributed by atoms with E-state index in [1.807, 2.05) is 4.90 Å². The quantitative estimate of drug-likeness (QED) is 0.476. The predicted octanol–water partition coefficient (Wildman–Crippen LogP) is 5.45. The lowest BCUT2D eigenvalue weighted by Crippen LogP contribution is -2.55. The number of sulfonamides is 1. The molecule has 2 unspecified atom stereocenters. The van der Waals surface area contributed by atoms with Crippen molar-refractivity contribution in [3.8, 4) is 0 Å². The molecule has 2 amide bonds. The van der Waals surface area contributed by atoms with Gasteiger partial charge in [-0.1, -0.05) is 13.8 Å². The highest BCUT2D eigenvalue weighted by atomic mass is 32.2. The fourth-order valence-electron chi connectivity index (χ4n) is 7.00. The van der Waals surface area contributed by atoms with E-state index in [1.54, 1.807) is 16.4 Å². The number of hydrogen-bond acceptors (Lipinski definition) is 6. The molecule has 41 heavy (non-hydrogen) atoms. The first-order valence-corrected chi connectivity index (χ1v) is 17.1. The summed E-state index contributed by atoms with van der Waals surface area (Å²) in [6.07, 6.45) is 4.81. The summed E-state index contributed by atoms with van der Waals surface area (Å²) in [4.78, 5) is 30.6. The van der Waals surface area contributed by atoms with Crippen molar-refractivity contribution in [2.24, 2.45) is 11.8 Å². The Bertz CT molecular complexity index is 1410. The minimum Gasteiger partial charge on any atom is -0.339 e. The third-order valence-electron chi connectivity index (χ3n) is 8.52. The summed E-state index contributed by atoms with van der Waals surface area (Å²) >= 11 is 1.47. The SMILES string of the molecule is CC1CC(C)CN(S(=O)(=O)c2ccc(C(=O)Nc3sc4c(c3C(=O)N3CCCCC3)CC(C)(C)NC4(C)C)cc2)C1. The number of carbonyl (C=O) groups is 2. The zero-order chi connectivity index (χ0) is 29.7. The highest BCUT2D eigenvalue weighted by Gasteiger charge is 2.42. The van der Waals surface area contributed by atoms with Crippen molar-refractivity contribution in [1.29, 1.82) is 0 Å². The van der Waals surface area contributed by atoms with Gasteiger partial charge in [-0.15, -0.1) is 11.3 Å². The molecule has 2 saturated heterocycles. The first kappa shape index (κ1) is 30.2. The average molecular weight is 601 g/mol. The van der Waals surface area contributed by atoms with Gasteiger partial charge in [0.25, 0.3) is 11.8 Å². The van der Waals surface area contributed by atoms with Gasteiger partial charge in [0.1, 0.15) is 5.00 Å². The molecule has 2 atom stereocenters. The van der Waals surface area contributed by atoms with Gasteiger partial charge in [0, 0.05) is 47.7 Å². The van der Waals surface area contributed by atoms with Crippen LogP contribution in [0.25, 0.3) is 0 Å². The number of fused-ring (bicyclic) bond motifs is 1. The zero-order valence-electron chi connectivity index (χ0n) is 25.2. The number of thiophene rings is 1. The van der Waals surface area contributed by atoms with Crippen LogP contribution < -0.4 is 10.6 Å². The van der Waals surface area contributed by atoms with E-state index in [1.165, 1.54) is 23.5 Å². The van der Waals surface area contributed by atoms with Gasteiger partial charge in [-0.3, -0.25) is 9.59 Å². The van der Waals surface area contributed by atoms with Crippen molar-refractivity contribution in [2.75, 3.05) is 31.5 Å². The van der Waals surface area contributed by atoms with Crippen LogP contribution in [0, 0.1) is 11.8 Å². The molecule has 1 aromatic heterocycles. The van der Waals surface area contributed by atoms with Crippen LogP contribution in [0.15, 0.2) is 29.2 Å². The van der Waals surface area contributed by atoms with Gasteiger partial charge in [0.05, 0.1) is 10.5 Å². The normalized spacial score (nSPS) is 24.5. The van der Waals surface area contributed by atoms with E-state index in [0.29, 0.717) is 47.5 Å². The van der Waals surface area contributed by atoms with Crippen LogP contribution >= 0.6 is 11.3 Å². The predicted molar refractivity (Wildman–Crippen MR) is 164 cm³/mol. The zero-order valence-corrected chi connectivity index (χ0v) is 26.8. The third-order valence-corrected chi connectivity index (χ3v) is 11.8. The first-order chi connectivity index (χ1) is 19.2. The molecule has 0 bridgehead atoms. The molecule has 224 valence electrons. The minimum atomic E-state index is -3.64. The van der Waals surface area contributed by atoms with Gasteiger partial charge < -0.3 is 15.5 Å². The molecule has 3 aliphatic heterocycles. The highest BCUT2D eigenvalue weighted by Crippen LogP contribution is 2.45. The topological polar surface area (TPSA) is 98.8 Å². The van der Waals surface area contributed by atoms with Gasteiger partial charge in [-0.05, 0) is 101 Å². The molecule has 8 nitrogen and oxygen atoms in total. The number of anilines is 1. The number of nitrogens with zero attached hydrogens (tertiary/aromatic N) is 2. The largest absolute Gasteiger partial charge is 0.339 e. The lowest BCUT2D eigenvalue weighted by molar-refractivity contribution is 0.0723. The van der Waals surface area contributed by atoms with Crippen LogP contribution in [0.3, 0.4) is 0 Å². The van der Waals surface area contributed by atoms with Crippen molar-refractivity contribution in [2.45, 2.75) is 89.6 Å². The van der Waals surface area contributed by atoms with E-state index in [2.05, 4.69) is 52.2 Å². The molecule has 5 rings (SSSR count). The van der Waals surface area contributed by atoms with E-state index in [9.17, 15) is 18.0 Å². The standard InChI is InChI=1S/C31H44N4O4S2/c1-20-16-21(2)19-35(18-20)41(38,39)23-12-10-22(11-13-23)27(36)32-28-25(29(37)34-14-8-7-9-15-34)24-17-30(3,4)33-31(5,6)26(24)40-28/h10-13,20-21,33H,7-9,14-19H2,1-6H3,(H,32,36). The van der Waals surface area contributed by atoms with Crippen LogP contribution in [-0.2, 0) is 22.0 Å². The van der Waals surface area contributed by atoms with E-state index >= 15 is 0 Å². The minimum absolute atomic E-state index is 0.0163. The molecule has 0 aliphatic carbocycles. The summed E-state index contributed by atoms with van der Waals surface area (Å²) in [5, 5.41) is 7.31. The van der Waals surface area contributed by atoms with Gasteiger partial charge in [0.15, 0.2) is 0 Å². The van der Waals surface area contributed by atoms with Crippen molar-refractivity contribution in [3.05, 3.63) is 45.8 Å². The monoisotopic (exact) mass is 600 g/mol. The average Bonchev–Trinajstić information content (AvgIpc) is 3.25. The maximum Gasteiger partial charge on any atom is 0.257 e. The number of piperidine rings is 2. The van der Waals surface area contributed by atoms with Crippen LogP contribution in [0.1, 0.15) is 98.4 Å². The van der Waals surface area contributed by atoms with Gasteiger partial charge in [-0.2, -0.15) is 4.31 Å². The molecule has 0 radical (unpaired) electrons. The van der Waals surface area contributed by atoms with Crippen molar-refractivity contribution in [1.82, 2.24) is 14.5 Å². The molecule has 0 spiro atoms. The van der Waals surface area contributed by atoms with Crippen molar-refractivity contribution in [3.63, 3.8) is 0 Å². The molecular weight excluding hydrogens is 556 g/mol. The highest BCUT2D eigenvalue weighted by molar-refractivity contribution is 7.89. The Morgan fingerprint density at radius 1 is 0.976 bits per heavy atom. The summed E-state index contributed by atoms with van der Waals surface area (Å²) in [5.41, 5.74) is 1.41. The van der Waals surface area contributed by atoms with Crippen LogP contribution in [0.5, 0.6) is 0 Å².